The van der Waals surface area contributed by atoms with E-state index in [9.17, 15) is 0 Å². The number of benzene rings is 1. The summed E-state index contributed by atoms with van der Waals surface area (Å²) in [6.45, 7) is 2.03. The minimum atomic E-state index is 0.822. The third-order valence-electron chi connectivity index (χ3n) is 5.46. The van der Waals surface area contributed by atoms with Gasteiger partial charge in [-0.3, -0.25) is 10.4 Å². The van der Waals surface area contributed by atoms with Crippen LogP contribution in [0.1, 0.15) is 29.8 Å². The van der Waals surface area contributed by atoms with E-state index >= 15 is 0 Å². The average molecular weight is 442 g/mol. The Bertz CT molecular complexity index is 1270. The van der Waals surface area contributed by atoms with Gasteiger partial charge in [-0.25, -0.2) is 9.97 Å². The summed E-state index contributed by atoms with van der Waals surface area (Å²) >= 11 is 1.65. The number of fused-ring (bicyclic) bond motifs is 1. The van der Waals surface area contributed by atoms with E-state index in [1.165, 1.54) is 5.56 Å². The summed E-state index contributed by atoms with van der Waals surface area (Å²) in [4.78, 5) is 15.1. The maximum Gasteiger partial charge on any atom is 0.125 e. The second kappa shape index (κ2) is 8.88. The van der Waals surface area contributed by atoms with Crippen LogP contribution < -0.4 is 10.2 Å². The Kier molecular flexibility index (Phi) is 5.64. The quantitative estimate of drug-likeness (QED) is 0.400. The molecule has 0 unspecified atom stereocenters. The third kappa shape index (κ3) is 4.11. The lowest BCUT2D eigenvalue weighted by atomic mass is 9.94. The Hall–Kier alpha value is -3.58. The maximum absolute atomic E-state index is 5.22. The highest BCUT2D eigenvalue weighted by Gasteiger charge is 2.20. The molecule has 32 heavy (non-hydrogen) atoms. The van der Waals surface area contributed by atoms with Gasteiger partial charge in [-0.15, -0.1) is 11.3 Å². The van der Waals surface area contributed by atoms with E-state index in [4.69, 9.17) is 19.8 Å². The molecular weight excluding hydrogens is 418 g/mol. The predicted octanol–water partition coefficient (Wildman–Crippen LogP) is 5.74. The van der Waals surface area contributed by atoms with Crippen LogP contribution in [-0.4, -0.2) is 27.8 Å². The van der Waals surface area contributed by atoms with E-state index in [0.29, 0.717) is 0 Å². The first-order valence-corrected chi connectivity index (χ1v) is 11.4. The van der Waals surface area contributed by atoms with Crippen molar-refractivity contribution in [2.45, 2.75) is 26.2 Å². The topological polar surface area (TPSA) is 72.3 Å². The number of hydrogen-bond donors (Lipinski definition) is 1. The van der Waals surface area contributed by atoms with Gasteiger partial charge in [0.05, 0.1) is 40.5 Å². The van der Waals surface area contributed by atoms with E-state index in [0.717, 1.165) is 68.9 Å². The zero-order valence-electron chi connectivity index (χ0n) is 18.0. The Labute approximate surface area is 191 Å². The van der Waals surface area contributed by atoms with Crippen LogP contribution >= 0.6 is 11.3 Å². The van der Waals surface area contributed by atoms with Gasteiger partial charge in [0.2, 0.25) is 0 Å². The van der Waals surface area contributed by atoms with Crippen LogP contribution in [0.4, 0.5) is 5.69 Å². The summed E-state index contributed by atoms with van der Waals surface area (Å²) in [6, 6.07) is 16.0. The monoisotopic (exact) mass is 441 g/mol. The minimum absolute atomic E-state index is 0.822. The molecule has 1 N–H and O–H groups in total. The van der Waals surface area contributed by atoms with Crippen molar-refractivity contribution in [3.05, 3.63) is 77.9 Å². The van der Waals surface area contributed by atoms with Crippen LogP contribution in [0, 0.1) is 6.92 Å². The Morgan fingerprint density at radius 2 is 1.91 bits per heavy atom. The molecule has 0 radical (unpaired) electrons. The van der Waals surface area contributed by atoms with E-state index in [2.05, 4.69) is 22.5 Å². The van der Waals surface area contributed by atoms with Crippen molar-refractivity contribution >= 4 is 22.7 Å². The van der Waals surface area contributed by atoms with Crippen molar-refractivity contribution in [2.24, 2.45) is 5.10 Å². The first-order valence-electron chi connectivity index (χ1n) is 10.6. The molecule has 1 aromatic carbocycles. The van der Waals surface area contributed by atoms with Gasteiger partial charge in [-0.1, -0.05) is 6.07 Å². The number of aromatic nitrogens is 3. The number of thiazole rings is 1. The number of methoxy groups -OCH3 is 1. The van der Waals surface area contributed by atoms with Gasteiger partial charge in [-0.2, -0.15) is 5.10 Å². The number of ether oxygens (including phenoxy) is 1. The van der Waals surface area contributed by atoms with Crippen LogP contribution in [0.2, 0.25) is 0 Å². The van der Waals surface area contributed by atoms with Crippen LogP contribution in [0.5, 0.6) is 5.75 Å². The molecule has 0 fully saturated rings. The first-order chi connectivity index (χ1) is 15.7. The number of hydrazone groups is 1. The van der Waals surface area contributed by atoms with Gasteiger partial charge in [0.1, 0.15) is 10.8 Å². The van der Waals surface area contributed by atoms with Gasteiger partial charge in [0.25, 0.3) is 0 Å². The highest BCUT2D eigenvalue weighted by molar-refractivity contribution is 7.18. The number of anilines is 1. The number of pyridine rings is 2. The molecule has 0 saturated carbocycles. The molecule has 4 aromatic rings. The normalized spacial score (nSPS) is 14.2. The Morgan fingerprint density at radius 1 is 1.03 bits per heavy atom. The predicted molar refractivity (Wildman–Crippen MR) is 129 cm³/mol. The van der Waals surface area contributed by atoms with Crippen LogP contribution in [0.25, 0.3) is 21.1 Å². The molecule has 0 saturated heterocycles. The molecular formula is C25H23N5OS. The summed E-state index contributed by atoms with van der Waals surface area (Å²) in [7, 11) is 1.66. The van der Waals surface area contributed by atoms with Gasteiger partial charge in [0.15, 0.2) is 0 Å². The van der Waals surface area contributed by atoms with Gasteiger partial charge in [0, 0.05) is 18.0 Å². The fourth-order valence-electron chi connectivity index (χ4n) is 3.78. The molecule has 3 aromatic heterocycles. The SMILES string of the molecule is COc1ccc(NN=C2CCCc3ccc(-c4sc(-c5cccnc5)nc4C)nc32)cc1. The summed E-state index contributed by atoms with van der Waals surface area (Å²) in [5.41, 5.74) is 10.2. The van der Waals surface area contributed by atoms with Crippen molar-refractivity contribution in [3.8, 4) is 26.9 Å². The molecule has 0 amide bonds. The van der Waals surface area contributed by atoms with E-state index < -0.39 is 0 Å². The van der Waals surface area contributed by atoms with E-state index in [1.807, 2.05) is 49.5 Å². The second-order valence-electron chi connectivity index (χ2n) is 7.63. The summed E-state index contributed by atoms with van der Waals surface area (Å²) in [5, 5.41) is 5.66. The summed E-state index contributed by atoms with van der Waals surface area (Å²) in [6.07, 6.45) is 6.61. The molecule has 1 aliphatic carbocycles. The minimum Gasteiger partial charge on any atom is -0.497 e. The fraction of sp³-hybridized carbons (Fsp3) is 0.200. The standard InChI is InChI=1S/C25H23N5OS/c1-16-24(32-25(27-16)18-6-4-14-26-15-18)22-13-8-17-5-3-7-21(23(17)28-22)30-29-19-9-11-20(31-2)12-10-19/h4,6,8-15,29H,3,5,7H2,1-2H3. The molecule has 1 aliphatic rings. The van der Waals surface area contributed by atoms with Crippen molar-refractivity contribution < 1.29 is 4.74 Å². The molecule has 0 spiro atoms. The first kappa shape index (κ1) is 20.3. The van der Waals surface area contributed by atoms with Crippen molar-refractivity contribution in [1.82, 2.24) is 15.0 Å². The van der Waals surface area contributed by atoms with Gasteiger partial charge in [-0.05, 0) is 74.2 Å². The highest BCUT2D eigenvalue weighted by atomic mass is 32.1. The van der Waals surface area contributed by atoms with Gasteiger partial charge < -0.3 is 4.74 Å². The molecule has 0 atom stereocenters. The molecule has 5 rings (SSSR count). The fourth-order valence-corrected chi connectivity index (χ4v) is 4.81. The zero-order chi connectivity index (χ0) is 21.9. The number of nitrogens with zero attached hydrogens (tertiary/aromatic N) is 4. The molecule has 3 heterocycles. The highest BCUT2D eigenvalue weighted by Crippen LogP contribution is 2.35. The summed E-state index contributed by atoms with van der Waals surface area (Å²) < 4.78 is 5.22. The smallest absolute Gasteiger partial charge is 0.125 e. The van der Waals surface area contributed by atoms with Crippen LogP contribution in [-0.2, 0) is 6.42 Å². The number of aryl methyl sites for hydroxylation is 2. The van der Waals surface area contributed by atoms with E-state index in [-0.39, 0.29) is 0 Å². The summed E-state index contributed by atoms with van der Waals surface area (Å²) in [5.74, 6) is 0.822. The number of rotatable bonds is 5. The average Bonchev–Trinajstić information content (AvgIpc) is 3.25. The molecule has 160 valence electrons. The van der Waals surface area contributed by atoms with Crippen molar-refractivity contribution in [3.63, 3.8) is 0 Å². The number of hydrogen-bond acceptors (Lipinski definition) is 7. The molecule has 6 nitrogen and oxygen atoms in total. The maximum atomic E-state index is 5.22. The Balaban J connectivity index is 1.46. The lowest BCUT2D eigenvalue weighted by Crippen LogP contribution is -2.16. The van der Waals surface area contributed by atoms with Gasteiger partial charge >= 0.3 is 0 Å². The molecule has 7 heteroatoms. The molecule has 0 bridgehead atoms. The van der Waals surface area contributed by atoms with E-state index in [1.54, 1.807) is 24.6 Å². The largest absolute Gasteiger partial charge is 0.497 e. The second-order valence-corrected chi connectivity index (χ2v) is 8.63. The van der Waals surface area contributed by atoms with Crippen molar-refractivity contribution in [1.29, 1.82) is 0 Å². The lowest BCUT2D eigenvalue weighted by molar-refractivity contribution is 0.415. The zero-order valence-corrected chi connectivity index (χ0v) is 18.8. The number of nitrogens with one attached hydrogen (secondary N) is 1. The lowest BCUT2D eigenvalue weighted by Gasteiger charge is -2.18. The third-order valence-corrected chi connectivity index (χ3v) is 6.69. The van der Waals surface area contributed by atoms with Crippen LogP contribution in [0.3, 0.4) is 0 Å². The molecule has 0 aliphatic heterocycles. The van der Waals surface area contributed by atoms with Crippen LogP contribution in [0.15, 0.2) is 66.0 Å². The van der Waals surface area contributed by atoms with Crippen molar-refractivity contribution in [2.75, 3.05) is 12.5 Å². The Morgan fingerprint density at radius 3 is 2.69 bits per heavy atom.